The fourth-order valence-corrected chi connectivity index (χ4v) is 5.23. The Balaban J connectivity index is 1.26. The second-order valence-corrected chi connectivity index (χ2v) is 9.50. The number of hydrogen-bond donors (Lipinski definition) is 3. The summed E-state index contributed by atoms with van der Waals surface area (Å²) in [5.41, 5.74) is 3.67. The zero-order chi connectivity index (χ0) is 25.8. The van der Waals surface area contributed by atoms with Gasteiger partial charge in [-0.1, -0.05) is 0 Å². The van der Waals surface area contributed by atoms with Crippen molar-refractivity contribution in [3.63, 3.8) is 0 Å². The summed E-state index contributed by atoms with van der Waals surface area (Å²) in [5.74, 6) is -1.30. The first-order valence-corrected chi connectivity index (χ1v) is 12.7. The van der Waals surface area contributed by atoms with Gasteiger partial charge in [-0.2, -0.15) is 4.39 Å². The maximum absolute atomic E-state index is 13.5. The number of carbonyl (C=O) groups is 2. The minimum absolute atomic E-state index is 0.0743. The standard InChI is InChI=1S/C26H25FN6O3S/c27-23-13-17(9-10-28-23)14-32-11-1-4-22(32)25(36)31-26-30-20(16-37-26)21-3-2-12-33(21)19-7-5-18(6-8-19)29-24(35)15-34/h1,4-11,13,16,21,34H,2-3,12,14-15H2,(H,29,35)(H,30,31,36). The minimum atomic E-state index is -0.560. The summed E-state index contributed by atoms with van der Waals surface area (Å²) >= 11 is 1.37. The van der Waals surface area contributed by atoms with Crippen LogP contribution in [0.3, 0.4) is 0 Å². The van der Waals surface area contributed by atoms with Crippen LogP contribution in [-0.2, 0) is 11.3 Å². The molecule has 4 aromatic rings. The monoisotopic (exact) mass is 520 g/mol. The van der Waals surface area contributed by atoms with Crippen LogP contribution in [0, 0.1) is 5.95 Å². The van der Waals surface area contributed by atoms with Crippen molar-refractivity contribution in [1.82, 2.24) is 14.5 Å². The van der Waals surface area contributed by atoms with Crippen LogP contribution in [-0.4, -0.2) is 44.6 Å². The van der Waals surface area contributed by atoms with Gasteiger partial charge in [0.2, 0.25) is 11.9 Å². The van der Waals surface area contributed by atoms with E-state index >= 15 is 0 Å². The molecule has 1 aromatic carbocycles. The van der Waals surface area contributed by atoms with E-state index in [2.05, 4.69) is 20.5 Å². The fourth-order valence-electron chi connectivity index (χ4n) is 4.47. The molecule has 4 heterocycles. The molecular formula is C26H25FN6O3S. The Labute approximate surface area is 216 Å². The van der Waals surface area contributed by atoms with E-state index in [0.717, 1.165) is 30.8 Å². The summed E-state index contributed by atoms with van der Waals surface area (Å²) in [5, 5.41) is 16.9. The number of rotatable bonds is 8. The predicted molar refractivity (Wildman–Crippen MR) is 139 cm³/mol. The highest BCUT2D eigenvalue weighted by molar-refractivity contribution is 7.14. The number of thiazole rings is 1. The number of hydrogen-bond acceptors (Lipinski definition) is 7. The van der Waals surface area contributed by atoms with Gasteiger partial charge in [-0.3, -0.25) is 14.9 Å². The van der Waals surface area contributed by atoms with E-state index in [1.807, 2.05) is 17.5 Å². The topological polar surface area (TPSA) is 112 Å². The normalized spacial score (nSPS) is 15.1. The van der Waals surface area contributed by atoms with Crippen molar-refractivity contribution in [2.45, 2.75) is 25.4 Å². The summed E-state index contributed by atoms with van der Waals surface area (Å²) < 4.78 is 15.2. The van der Waals surface area contributed by atoms with Gasteiger partial charge in [-0.05, 0) is 66.9 Å². The highest BCUT2D eigenvalue weighted by atomic mass is 32.1. The number of aliphatic hydroxyl groups excluding tert-OH is 1. The molecule has 11 heteroatoms. The molecule has 1 fully saturated rings. The smallest absolute Gasteiger partial charge is 0.274 e. The van der Waals surface area contributed by atoms with Crippen molar-refractivity contribution in [2.24, 2.45) is 0 Å². The lowest BCUT2D eigenvalue weighted by Crippen LogP contribution is -2.23. The van der Waals surface area contributed by atoms with E-state index in [-0.39, 0.29) is 11.9 Å². The molecule has 190 valence electrons. The highest BCUT2D eigenvalue weighted by Gasteiger charge is 2.28. The van der Waals surface area contributed by atoms with Crippen molar-refractivity contribution in [3.05, 3.63) is 89.2 Å². The molecule has 1 saturated heterocycles. The molecule has 1 aliphatic heterocycles. The molecule has 9 nitrogen and oxygen atoms in total. The molecular weight excluding hydrogens is 495 g/mol. The Kier molecular flexibility index (Phi) is 7.24. The summed E-state index contributed by atoms with van der Waals surface area (Å²) in [6, 6.07) is 14.1. The Hall–Kier alpha value is -4.09. The van der Waals surface area contributed by atoms with Crippen LogP contribution in [0.4, 0.5) is 20.9 Å². The van der Waals surface area contributed by atoms with Crippen molar-refractivity contribution < 1.29 is 19.1 Å². The minimum Gasteiger partial charge on any atom is -0.387 e. The van der Waals surface area contributed by atoms with Crippen molar-refractivity contribution in [3.8, 4) is 0 Å². The lowest BCUT2D eigenvalue weighted by Gasteiger charge is -2.25. The van der Waals surface area contributed by atoms with Crippen molar-refractivity contribution in [1.29, 1.82) is 0 Å². The van der Waals surface area contributed by atoms with Crippen LogP contribution in [0.25, 0.3) is 0 Å². The first-order valence-electron chi connectivity index (χ1n) is 11.8. The van der Waals surface area contributed by atoms with Crippen LogP contribution in [0.2, 0.25) is 0 Å². The maximum Gasteiger partial charge on any atom is 0.274 e. The molecule has 5 rings (SSSR count). The quantitative estimate of drug-likeness (QED) is 0.302. The van der Waals surface area contributed by atoms with E-state index in [9.17, 15) is 14.0 Å². The molecule has 2 amide bonds. The second-order valence-electron chi connectivity index (χ2n) is 8.64. The average molecular weight is 521 g/mol. The van der Waals surface area contributed by atoms with Crippen LogP contribution < -0.4 is 15.5 Å². The van der Waals surface area contributed by atoms with Gasteiger partial charge in [-0.25, -0.2) is 9.97 Å². The first-order chi connectivity index (χ1) is 18.0. The van der Waals surface area contributed by atoms with E-state index < -0.39 is 18.5 Å². The number of aliphatic hydroxyl groups is 1. The summed E-state index contributed by atoms with van der Waals surface area (Å²) in [7, 11) is 0. The number of pyridine rings is 1. The fraction of sp³-hybridized carbons (Fsp3) is 0.231. The zero-order valence-electron chi connectivity index (χ0n) is 19.8. The molecule has 0 aliphatic carbocycles. The van der Waals surface area contributed by atoms with Gasteiger partial charge in [0.15, 0.2) is 5.13 Å². The molecule has 1 unspecified atom stereocenters. The molecule has 1 atom stereocenters. The third-order valence-corrected chi connectivity index (χ3v) is 6.94. The van der Waals surface area contributed by atoms with Gasteiger partial charge in [0.1, 0.15) is 12.3 Å². The van der Waals surface area contributed by atoms with Gasteiger partial charge in [0, 0.05) is 42.2 Å². The van der Waals surface area contributed by atoms with Gasteiger partial charge in [0.05, 0.1) is 11.7 Å². The second kappa shape index (κ2) is 10.9. The average Bonchev–Trinajstić information content (AvgIpc) is 3.65. The van der Waals surface area contributed by atoms with E-state index in [1.165, 1.54) is 23.6 Å². The third kappa shape index (κ3) is 5.68. The Morgan fingerprint density at radius 1 is 1.16 bits per heavy atom. The molecule has 0 bridgehead atoms. The maximum atomic E-state index is 13.5. The SMILES string of the molecule is O=C(CO)Nc1ccc(N2CCCC2c2csc(NC(=O)c3cccn3Cc3ccnc(F)c3)n2)cc1. The first kappa shape index (κ1) is 24.6. The number of aromatic nitrogens is 3. The lowest BCUT2D eigenvalue weighted by molar-refractivity contribution is -0.118. The Morgan fingerprint density at radius 2 is 2.00 bits per heavy atom. The summed E-state index contributed by atoms with van der Waals surface area (Å²) in [6.45, 7) is 0.655. The van der Waals surface area contributed by atoms with Crippen molar-refractivity contribution >= 4 is 39.7 Å². The van der Waals surface area contributed by atoms with E-state index in [0.29, 0.717) is 28.6 Å². The van der Waals surface area contributed by atoms with Crippen LogP contribution in [0.15, 0.2) is 66.3 Å². The third-order valence-electron chi connectivity index (χ3n) is 6.17. The van der Waals surface area contributed by atoms with Gasteiger partial charge in [-0.15, -0.1) is 11.3 Å². The van der Waals surface area contributed by atoms with Gasteiger partial charge in [0.25, 0.3) is 5.91 Å². The molecule has 0 spiro atoms. The lowest BCUT2D eigenvalue weighted by atomic mass is 10.1. The van der Waals surface area contributed by atoms with Crippen molar-refractivity contribution in [2.75, 3.05) is 28.7 Å². The van der Waals surface area contributed by atoms with Crippen LogP contribution >= 0.6 is 11.3 Å². The summed E-state index contributed by atoms with van der Waals surface area (Å²) in [6.07, 6.45) is 5.12. The Bertz CT molecular complexity index is 1400. The van der Waals surface area contributed by atoms with Crippen LogP contribution in [0.5, 0.6) is 0 Å². The zero-order valence-corrected chi connectivity index (χ0v) is 20.6. The van der Waals surface area contributed by atoms with Crippen LogP contribution in [0.1, 0.15) is 40.6 Å². The number of nitrogens with one attached hydrogen (secondary N) is 2. The molecule has 0 radical (unpaired) electrons. The Morgan fingerprint density at radius 3 is 2.78 bits per heavy atom. The number of anilines is 3. The molecule has 3 N–H and O–H groups in total. The molecule has 0 saturated carbocycles. The molecule has 1 aliphatic rings. The summed E-state index contributed by atoms with van der Waals surface area (Å²) in [4.78, 5) is 34.9. The van der Waals surface area contributed by atoms with Gasteiger partial charge >= 0.3 is 0 Å². The number of benzene rings is 1. The highest BCUT2D eigenvalue weighted by Crippen LogP contribution is 2.37. The molecule has 37 heavy (non-hydrogen) atoms. The number of halogens is 1. The largest absolute Gasteiger partial charge is 0.387 e. The van der Waals surface area contributed by atoms with Gasteiger partial charge < -0.3 is 19.9 Å². The van der Waals surface area contributed by atoms with E-state index in [4.69, 9.17) is 10.1 Å². The number of carbonyl (C=O) groups excluding carboxylic acids is 2. The van der Waals surface area contributed by atoms with E-state index in [1.54, 1.807) is 41.1 Å². The predicted octanol–water partition coefficient (Wildman–Crippen LogP) is 4.05. The molecule has 3 aromatic heterocycles. The number of nitrogens with zero attached hydrogens (tertiary/aromatic N) is 4. The number of amides is 2.